The van der Waals surface area contributed by atoms with E-state index < -0.39 is 0 Å². The van der Waals surface area contributed by atoms with Crippen LogP contribution < -0.4 is 10.6 Å². The standard InChI is InChI=1S/C15H18BrN3OS.2ClH/c16-10-3-4-13-12(8-10)19-15(21-13)6-5-14(20)18-11-2-1-7-17-9-11;;/h3-4,8,11,17H,1-2,5-7,9H2,(H,18,20);2*1H. The molecule has 1 saturated heterocycles. The molecule has 23 heavy (non-hydrogen) atoms. The molecule has 1 aromatic carbocycles. The molecule has 1 aliphatic heterocycles. The summed E-state index contributed by atoms with van der Waals surface area (Å²) in [4.78, 5) is 16.6. The van der Waals surface area contributed by atoms with Gasteiger partial charge in [-0.1, -0.05) is 15.9 Å². The number of carbonyl (C=O) groups excluding carboxylic acids is 1. The molecule has 0 radical (unpaired) electrons. The number of nitrogens with zero attached hydrogens (tertiary/aromatic N) is 1. The minimum atomic E-state index is 0. The highest BCUT2D eigenvalue weighted by Gasteiger charge is 2.15. The van der Waals surface area contributed by atoms with Crippen LogP contribution in [-0.4, -0.2) is 30.0 Å². The Hall–Kier alpha value is -0.400. The number of piperidine rings is 1. The molecule has 4 nitrogen and oxygen atoms in total. The van der Waals surface area contributed by atoms with Gasteiger partial charge in [0.25, 0.3) is 0 Å². The van der Waals surface area contributed by atoms with E-state index in [-0.39, 0.29) is 36.8 Å². The van der Waals surface area contributed by atoms with Gasteiger partial charge in [0, 0.05) is 29.9 Å². The van der Waals surface area contributed by atoms with E-state index in [4.69, 9.17) is 0 Å². The van der Waals surface area contributed by atoms with E-state index >= 15 is 0 Å². The number of amides is 1. The normalized spacial score (nSPS) is 17.2. The molecule has 128 valence electrons. The zero-order chi connectivity index (χ0) is 14.7. The Bertz CT molecular complexity index is 647. The van der Waals surface area contributed by atoms with Crippen molar-refractivity contribution in [3.63, 3.8) is 0 Å². The fourth-order valence-electron chi connectivity index (χ4n) is 2.55. The number of hydrogen-bond acceptors (Lipinski definition) is 4. The van der Waals surface area contributed by atoms with Crippen molar-refractivity contribution in [1.82, 2.24) is 15.6 Å². The van der Waals surface area contributed by atoms with Gasteiger partial charge in [0.05, 0.1) is 15.2 Å². The van der Waals surface area contributed by atoms with Gasteiger partial charge in [0.2, 0.25) is 5.91 Å². The van der Waals surface area contributed by atoms with Crippen molar-refractivity contribution in [2.24, 2.45) is 0 Å². The smallest absolute Gasteiger partial charge is 0.220 e. The van der Waals surface area contributed by atoms with Gasteiger partial charge in [0.15, 0.2) is 0 Å². The first-order valence-corrected chi connectivity index (χ1v) is 8.87. The van der Waals surface area contributed by atoms with E-state index in [1.807, 2.05) is 12.1 Å². The van der Waals surface area contributed by atoms with Crippen molar-refractivity contribution >= 4 is 68.2 Å². The Morgan fingerprint density at radius 3 is 3.00 bits per heavy atom. The van der Waals surface area contributed by atoms with Gasteiger partial charge < -0.3 is 10.6 Å². The lowest BCUT2D eigenvalue weighted by molar-refractivity contribution is -0.121. The second kappa shape index (κ2) is 9.79. The molecule has 0 aliphatic carbocycles. The summed E-state index contributed by atoms with van der Waals surface area (Å²) in [6.45, 7) is 1.95. The SMILES string of the molecule is Cl.Cl.O=C(CCc1nc2cc(Br)ccc2s1)NC1CCCNC1. The lowest BCUT2D eigenvalue weighted by atomic mass is 10.1. The highest BCUT2D eigenvalue weighted by atomic mass is 79.9. The van der Waals surface area contributed by atoms with Crippen molar-refractivity contribution in [1.29, 1.82) is 0 Å². The molecular weight excluding hydrogens is 421 g/mol. The van der Waals surface area contributed by atoms with Crippen LogP contribution in [-0.2, 0) is 11.2 Å². The molecule has 1 fully saturated rings. The predicted octanol–water partition coefficient (Wildman–Crippen LogP) is 3.70. The van der Waals surface area contributed by atoms with Gasteiger partial charge in [-0.15, -0.1) is 36.2 Å². The van der Waals surface area contributed by atoms with E-state index in [2.05, 4.69) is 37.6 Å². The van der Waals surface area contributed by atoms with E-state index in [0.717, 1.165) is 40.9 Å². The van der Waals surface area contributed by atoms with Crippen LogP contribution in [0.15, 0.2) is 22.7 Å². The molecule has 2 heterocycles. The van der Waals surface area contributed by atoms with Crippen LogP contribution in [0.2, 0.25) is 0 Å². The summed E-state index contributed by atoms with van der Waals surface area (Å²) in [5, 5.41) is 7.44. The molecule has 0 spiro atoms. The monoisotopic (exact) mass is 439 g/mol. The first-order chi connectivity index (χ1) is 10.2. The largest absolute Gasteiger partial charge is 0.352 e. The maximum absolute atomic E-state index is 12.0. The molecule has 0 bridgehead atoms. The third kappa shape index (κ3) is 5.87. The predicted molar refractivity (Wildman–Crippen MR) is 104 cm³/mol. The third-order valence-electron chi connectivity index (χ3n) is 3.62. The number of hydrogen-bond donors (Lipinski definition) is 2. The van der Waals surface area contributed by atoms with Crippen molar-refractivity contribution in [3.05, 3.63) is 27.7 Å². The lowest BCUT2D eigenvalue weighted by Gasteiger charge is -2.23. The van der Waals surface area contributed by atoms with E-state index in [0.29, 0.717) is 12.8 Å². The van der Waals surface area contributed by atoms with Crippen molar-refractivity contribution < 1.29 is 4.79 Å². The number of aryl methyl sites for hydroxylation is 1. The minimum Gasteiger partial charge on any atom is -0.352 e. The maximum atomic E-state index is 12.0. The fourth-order valence-corrected chi connectivity index (χ4v) is 3.85. The molecule has 1 aromatic heterocycles. The Labute approximate surface area is 160 Å². The molecule has 1 unspecified atom stereocenters. The average molecular weight is 441 g/mol. The van der Waals surface area contributed by atoms with E-state index in [9.17, 15) is 4.79 Å². The first-order valence-electron chi connectivity index (χ1n) is 7.26. The van der Waals surface area contributed by atoms with Gasteiger partial charge in [-0.2, -0.15) is 0 Å². The lowest BCUT2D eigenvalue weighted by Crippen LogP contribution is -2.45. The number of aromatic nitrogens is 1. The van der Waals surface area contributed by atoms with Crippen molar-refractivity contribution in [3.8, 4) is 0 Å². The van der Waals surface area contributed by atoms with Crippen molar-refractivity contribution in [2.45, 2.75) is 31.7 Å². The van der Waals surface area contributed by atoms with E-state index in [1.165, 1.54) is 4.70 Å². The number of nitrogens with one attached hydrogen (secondary N) is 2. The second-order valence-electron chi connectivity index (χ2n) is 5.33. The van der Waals surface area contributed by atoms with Crippen LogP contribution in [0, 0.1) is 0 Å². The average Bonchev–Trinajstić information content (AvgIpc) is 2.88. The highest BCUT2D eigenvalue weighted by Crippen LogP contribution is 2.25. The maximum Gasteiger partial charge on any atom is 0.220 e. The first kappa shape index (κ1) is 20.6. The number of thiazole rings is 1. The summed E-state index contributed by atoms with van der Waals surface area (Å²) < 4.78 is 2.21. The summed E-state index contributed by atoms with van der Waals surface area (Å²) in [7, 11) is 0. The number of halogens is 3. The molecule has 3 rings (SSSR count). The molecule has 1 aliphatic rings. The topological polar surface area (TPSA) is 54.0 Å². The molecule has 2 N–H and O–H groups in total. The summed E-state index contributed by atoms with van der Waals surface area (Å²) in [5.41, 5.74) is 1.00. The Balaban J connectivity index is 0.00000132. The van der Waals surface area contributed by atoms with Crippen LogP contribution in [0.4, 0.5) is 0 Å². The van der Waals surface area contributed by atoms with Crippen LogP contribution >= 0.6 is 52.1 Å². The zero-order valence-corrected chi connectivity index (χ0v) is 16.5. The number of fused-ring (bicyclic) bond motifs is 1. The van der Waals surface area contributed by atoms with E-state index in [1.54, 1.807) is 11.3 Å². The Kier molecular flexibility index (Phi) is 8.79. The third-order valence-corrected chi connectivity index (χ3v) is 5.21. The summed E-state index contributed by atoms with van der Waals surface area (Å²) in [6.07, 6.45) is 3.44. The van der Waals surface area contributed by atoms with Crippen LogP contribution in [0.5, 0.6) is 0 Å². The van der Waals surface area contributed by atoms with Gasteiger partial charge in [-0.25, -0.2) is 4.98 Å². The van der Waals surface area contributed by atoms with Gasteiger partial charge in [0.1, 0.15) is 0 Å². The van der Waals surface area contributed by atoms with Gasteiger partial charge in [-0.05, 0) is 37.6 Å². The molecule has 1 atom stereocenters. The Morgan fingerprint density at radius 2 is 2.26 bits per heavy atom. The number of carbonyl (C=O) groups is 1. The van der Waals surface area contributed by atoms with Crippen LogP contribution in [0.3, 0.4) is 0 Å². The Morgan fingerprint density at radius 1 is 1.43 bits per heavy atom. The molecule has 0 saturated carbocycles. The summed E-state index contributed by atoms with van der Waals surface area (Å²) in [6, 6.07) is 6.39. The minimum absolute atomic E-state index is 0. The fraction of sp³-hybridized carbons (Fsp3) is 0.467. The van der Waals surface area contributed by atoms with Crippen molar-refractivity contribution in [2.75, 3.05) is 13.1 Å². The number of rotatable bonds is 4. The highest BCUT2D eigenvalue weighted by molar-refractivity contribution is 9.10. The second-order valence-corrected chi connectivity index (χ2v) is 7.36. The van der Waals surface area contributed by atoms with Crippen LogP contribution in [0.25, 0.3) is 10.2 Å². The van der Waals surface area contributed by atoms with Gasteiger partial charge >= 0.3 is 0 Å². The number of benzene rings is 1. The zero-order valence-electron chi connectivity index (χ0n) is 12.5. The quantitative estimate of drug-likeness (QED) is 0.761. The molecule has 2 aromatic rings. The molecule has 8 heteroatoms. The summed E-state index contributed by atoms with van der Waals surface area (Å²) in [5.74, 6) is 0.129. The molecule has 1 amide bonds. The van der Waals surface area contributed by atoms with Gasteiger partial charge in [-0.3, -0.25) is 4.79 Å². The summed E-state index contributed by atoms with van der Waals surface area (Å²) >= 11 is 5.12. The molecular formula is C15H20BrCl2N3OS. The van der Waals surface area contributed by atoms with Crippen LogP contribution in [0.1, 0.15) is 24.3 Å².